The summed E-state index contributed by atoms with van der Waals surface area (Å²) in [6.07, 6.45) is 0. The molecule has 1 aromatic carbocycles. The number of anilines is 1. The van der Waals surface area contributed by atoms with E-state index in [2.05, 4.69) is 10.3 Å². The zero-order valence-corrected chi connectivity index (χ0v) is 20.4. The number of thiophene rings is 1. The Balaban J connectivity index is 1.76. The molecule has 4 heterocycles. The number of hydrogen-bond acceptors (Lipinski definition) is 6. The Kier molecular flexibility index (Phi) is 5.80. The molecule has 0 bridgehead atoms. The van der Waals surface area contributed by atoms with Crippen molar-refractivity contribution in [2.24, 2.45) is 13.0 Å². The van der Waals surface area contributed by atoms with Crippen LogP contribution in [-0.2, 0) is 24.9 Å². The molecule has 5 rings (SSSR count). The molecule has 1 aliphatic rings. The van der Waals surface area contributed by atoms with Gasteiger partial charge in [0.1, 0.15) is 11.2 Å². The topological polar surface area (TPSA) is 74.3 Å². The van der Waals surface area contributed by atoms with Crippen molar-refractivity contribution in [2.45, 2.75) is 26.9 Å². The van der Waals surface area contributed by atoms with Crippen LogP contribution in [0.1, 0.15) is 19.4 Å². The van der Waals surface area contributed by atoms with E-state index in [4.69, 9.17) is 21.4 Å². The van der Waals surface area contributed by atoms with Gasteiger partial charge in [-0.25, -0.2) is 9.48 Å². The number of aromatic nitrogens is 4. The van der Waals surface area contributed by atoms with Gasteiger partial charge in [0, 0.05) is 36.4 Å². The highest BCUT2D eigenvalue weighted by molar-refractivity contribution is 7.17. The molecule has 33 heavy (non-hydrogen) atoms. The van der Waals surface area contributed by atoms with E-state index >= 15 is 0 Å². The third-order valence-electron chi connectivity index (χ3n) is 5.99. The Bertz CT molecular complexity index is 1460. The van der Waals surface area contributed by atoms with E-state index in [9.17, 15) is 9.59 Å². The number of fused-ring (bicyclic) bond motifs is 2. The fourth-order valence-electron chi connectivity index (χ4n) is 4.42. The third-order valence-corrected chi connectivity index (χ3v) is 7.24. The van der Waals surface area contributed by atoms with Gasteiger partial charge in [-0.1, -0.05) is 25.4 Å². The second-order valence-electron chi connectivity index (χ2n) is 8.83. The molecule has 1 fully saturated rings. The minimum atomic E-state index is -0.341. The Morgan fingerprint density at radius 2 is 1.97 bits per heavy atom. The number of benzene rings is 1. The van der Waals surface area contributed by atoms with E-state index < -0.39 is 0 Å². The van der Waals surface area contributed by atoms with Gasteiger partial charge in [0.25, 0.3) is 5.56 Å². The van der Waals surface area contributed by atoms with Crippen molar-refractivity contribution < 1.29 is 4.74 Å². The maximum atomic E-state index is 13.3. The van der Waals surface area contributed by atoms with E-state index in [0.29, 0.717) is 55.4 Å². The summed E-state index contributed by atoms with van der Waals surface area (Å²) in [6, 6.07) is 5.87. The highest BCUT2D eigenvalue weighted by atomic mass is 35.5. The first-order chi connectivity index (χ1) is 15.8. The molecule has 0 amide bonds. The van der Waals surface area contributed by atoms with Crippen molar-refractivity contribution in [1.82, 2.24) is 18.9 Å². The van der Waals surface area contributed by atoms with Crippen LogP contribution in [0.4, 0.5) is 5.82 Å². The van der Waals surface area contributed by atoms with Crippen LogP contribution in [0.2, 0.25) is 5.02 Å². The van der Waals surface area contributed by atoms with Crippen LogP contribution in [0.5, 0.6) is 0 Å². The lowest BCUT2D eigenvalue weighted by Crippen LogP contribution is -2.41. The second kappa shape index (κ2) is 8.62. The molecule has 10 heteroatoms. The van der Waals surface area contributed by atoms with E-state index in [1.165, 1.54) is 11.6 Å². The standard InChI is InChI=1S/C23H26ClN5O3S/c1-14(2)11-28-20-19(22(30)26(3)23(28)31)21(27-6-8-32-9-7-27)29(25-20)12-15-13-33-18-5-4-16(24)10-17(15)18/h4-5,10,13-14H,6-9,11-12H2,1-3H3. The lowest BCUT2D eigenvalue weighted by atomic mass is 10.2. The summed E-state index contributed by atoms with van der Waals surface area (Å²) < 4.78 is 11.4. The van der Waals surface area contributed by atoms with Gasteiger partial charge in [-0.3, -0.25) is 13.9 Å². The molecule has 8 nitrogen and oxygen atoms in total. The summed E-state index contributed by atoms with van der Waals surface area (Å²) >= 11 is 7.93. The highest BCUT2D eigenvalue weighted by Gasteiger charge is 2.26. The molecule has 0 spiro atoms. The average Bonchev–Trinajstić information content (AvgIpc) is 3.37. The third kappa shape index (κ3) is 3.88. The molecule has 0 saturated carbocycles. The normalized spacial score (nSPS) is 14.8. The average molecular weight is 488 g/mol. The van der Waals surface area contributed by atoms with E-state index in [-0.39, 0.29) is 17.2 Å². The van der Waals surface area contributed by atoms with Crippen molar-refractivity contribution in [2.75, 3.05) is 31.2 Å². The van der Waals surface area contributed by atoms with Gasteiger partial charge in [0.2, 0.25) is 0 Å². The number of ether oxygens (including phenoxy) is 1. The molecule has 0 N–H and O–H groups in total. The molecular formula is C23H26ClN5O3S. The van der Waals surface area contributed by atoms with Crippen LogP contribution in [0.15, 0.2) is 33.2 Å². The van der Waals surface area contributed by atoms with Crippen LogP contribution in [0, 0.1) is 5.92 Å². The minimum Gasteiger partial charge on any atom is -0.378 e. The van der Waals surface area contributed by atoms with E-state index in [1.54, 1.807) is 15.9 Å². The molecule has 4 aromatic rings. The smallest absolute Gasteiger partial charge is 0.332 e. The quantitative estimate of drug-likeness (QED) is 0.432. The first-order valence-corrected chi connectivity index (χ1v) is 12.3. The van der Waals surface area contributed by atoms with Crippen molar-refractivity contribution in [3.8, 4) is 0 Å². The summed E-state index contributed by atoms with van der Waals surface area (Å²) in [5.74, 6) is 0.969. The largest absolute Gasteiger partial charge is 0.378 e. The maximum Gasteiger partial charge on any atom is 0.332 e. The summed E-state index contributed by atoms with van der Waals surface area (Å²) in [5, 5.41) is 9.21. The molecule has 0 aliphatic carbocycles. The van der Waals surface area contributed by atoms with Crippen LogP contribution < -0.4 is 16.1 Å². The van der Waals surface area contributed by atoms with Crippen molar-refractivity contribution >= 4 is 49.9 Å². The molecule has 3 aromatic heterocycles. The van der Waals surface area contributed by atoms with Crippen molar-refractivity contribution in [1.29, 1.82) is 0 Å². The molecule has 0 radical (unpaired) electrons. The summed E-state index contributed by atoms with van der Waals surface area (Å²) in [5.41, 5.74) is 0.860. The zero-order valence-electron chi connectivity index (χ0n) is 18.9. The lowest BCUT2D eigenvalue weighted by molar-refractivity contribution is 0.122. The first kappa shape index (κ1) is 22.2. The number of morpholine rings is 1. The molecular weight excluding hydrogens is 462 g/mol. The van der Waals surface area contributed by atoms with Crippen LogP contribution >= 0.6 is 22.9 Å². The molecule has 0 atom stereocenters. The van der Waals surface area contributed by atoms with E-state index in [0.717, 1.165) is 21.5 Å². The zero-order chi connectivity index (χ0) is 23.3. The second-order valence-corrected chi connectivity index (χ2v) is 10.2. The van der Waals surface area contributed by atoms with Crippen molar-refractivity contribution in [3.63, 3.8) is 0 Å². The fraction of sp³-hybridized carbons (Fsp3) is 0.435. The lowest BCUT2D eigenvalue weighted by Gasteiger charge is -2.29. The van der Waals surface area contributed by atoms with Gasteiger partial charge in [0.05, 0.1) is 19.8 Å². The van der Waals surface area contributed by atoms with Crippen LogP contribution in [0.25, 0.3) is 21.1 Å². The molecule has 1 saturated heterocycles. The minimum absolute atomic E-state index is 0.225. The Labute approximate surface area is 199 Å². The first-order valence-electron chi connectivity index (χ1n) is 11.0. The number of halogens is 1. The monoisotopic (exact) mass is 487 g/mol. The Hall–Kier alpha value is -2.62. The number of rotatable bonds is 5. The Morgan fingerprint density at radius 1 is 1.21 bits per heavy atom. The summed E-state index contributed by atoms with van der Waals surface area (Å²) in [6.45, 7) is 7.52. The highest BCUT2D eigenvalue weighted by Crippen LogP contribution is 2.32. The van der Waals surface area contributed by atoms with Gasteiger partial charge < -0.3 is 9.64 Å². The molecule has 0 unspecified atom stereocenters. The van der Waals surface area contributed by atoms with Gasteiger partial charge >= 0.3 is 5.69 Å². The van der Waals surface area contributed by atoms with Gasteiger partial charge in [-0.05, 0) is 40.4 Å². The number of hydrogen-bond donors (Lipinski definition) is 0. The molecule has 174 valence electrons. The van der Waals surface area contributed by atoms with Gasteiger partial charge in [0.15, 0.2) is 5.65 Å². The fourth-order valence-corrected chi connectivity index (χ4v) is 5.53. The van der Waals surface area contributed by atoms with Gasteiger partial charge in [-0.15, -0.1) is 11.3 Å². The Morgan fingerprint density at radius 3 is 2.70 bits per heavy atom. The predicted octanol–water partition coefficient (Wildman–Crippen LogP) is 3.31. The van der Waals surface area contributed by atoms with Crippen LogP contribution in [-0.4, -0.2) is 45.2 Å². The maximum absolute atomic E-state index is 13.3. The van der Waals surface area contributed by atoms with Crippen LogP contribution in [0.3, 0.4) is 0 Å². The van der Waals surface area contributed by atoms with Gasteiger partial charge in [-0.2, -0.15) is 5.10 Å². The SMILES string of the molecule is CC(C)Cn1c(=O)n(C)c(=O)c2c(N3CCOCC3)n(Cc3csc4ccc(Cl)cc34)nc21. The predicted molar refractivity (Wildman–Crippen MR) is 133 cm³/mol. The summed E-state index contributed by atoms with van der Waals surface area (Å²) in [7, 11) is 1.54. The summed E-state index contributed by atoms with van der Waals surface area (Å²) in [4.78, 5) is 28.5. The van der Waals surface area contributed by atoms with Crippen molar-refractivity contribution in [3.05, 3.63) is 55.0 Å². The molecule has 1 aliphatic heterocycles. The van der Waals surface area contributed by atoms with E-state index in [1.807, 2.05) is 36.7 Å². The number of nitrogens with zero attached hydrogens (tertiary/aromatic N) is 5.